The zero-order valence-electron chi connectivity index (χ0n) is 10.5. The molecule has 1 aliphatic rings. The predicted octanol–water partition coefficient (Wildman–Crippen LogP) is 2.51. The second kappa shape index (κ2) is 4.54. The van der Waals surface area contributed by atoms with Crippen LogP contribution in [0.25, 0.3) is 0 Å². The van der Waals surface area contributed by atoms with E-state index in [0.29, 0.717) is 0 Å². The molecule has 2 heteroatoms. The maximum Gasteiger partial charge on any atom is 0.0422 e. The summed E-state index contributed by atoms with van der Waals surface area (Å²) in [7, 11) is 0. The van der Waals surface area contributed by atoms with Gasteiger partial charge >= 0.3 is 0 Å². The summed E-state index contributed by atoms with van der Waals surface area (Å²) < 4.78 is 0. The molecule has 3 rings (SSSR count). The number of fused-ring (bicyclic) bond motifs is 1. The number of benzene rings is 1. The van der Waals surface area contributed by atoms with Gasteiger partial charge in [0.15, 0.2) is 0 Å². The summed E-state index contributed by atoms with van der Waals surface area (Å²) in [6.07, 6.45) is 5.79. The quantitative estimate of drug-likeness (QED) is 0.873. The van der Waals surface area contributed by atoms with Crippen molar-refractivity contribution in [3.05, 3.63) is 65.5 Å². The van der Waals surface area contributed by atoms with E-state index < -0.39 is 0 Å². The van der Waals surface area contributed by atoms with Crippen molar-refractivity contribution in [2.45, 2.75) is 31.2 Å². The van der Waals surface area contributed by atoms with Crippen LogP contribution in [-0.2, 0) is 19.3 Å². The highest BCUT2D eigenvalue weighted by Crippen LogP contribution is 2.29. The molecular weight excluding hydrogens is 220 g/mol. The van der Waals surface area contributed by atoms with Gasteiger partial charge in [-0.3, -0.25) is 4.98 Å². The van der Waals surface area contributed by atoms with E-state index in [2.05, 4.69) is 35.3 Å². The van der Waals surface area contributed by atoms with Crippen LogP contribution in [0.4, 0.5) is 0 Å². The Bertz CT molecular complexity index is 536. The van der Waals surface area contributed by atoms with Crippen molar-refractivity contribution in [3.63, 3.8) is 0 Å². The summed E-state index contributed by atoms with van der Waals surface area (Å²) in [4.78, 5) is 4.39. The number of aryl methyl sites for hydroxylation is 1. The van der Waals surface area contributed by atoms with Crippen molar-refractivity contribution < 1.29 is 0 Å². The van der Waals surface area contributed by atoms with Gasteiger partial charge in [0.25, 0.3) is 0 Å². The Hall–Kier alpha value is -1.67. The van der Waals surface area contributed by atoms with Crippen molar-refractivity contribution in [2.75, 3.05) is 0 Å². The second-order valence-corrected chi connectivity index (χ2v) is 5.31. The molecule has 0 radical (unpaired) electrons. The van der Waals surface area contributed by atoms with Crippen molar-refractivity contribution in [2.24, 2.45) is 5.73 Å². The highest BCUT2D eigenvalue weighted by atomic mass is 14.8. The van der Waals surface area contributed by atoms with Crippen LogP contribution in [-0.4, -0.2) is 10.5 Å². The van der Waals surface area contributed by atoms with Crippen LogP contribution < -0.4 is 5.73 Å². The third-order valence-corrected chi connectivity index (χ3v) is 3.81. The number of nitrogens with two attached hydrogens (primary N) is 1. The number of pyridine rings is 1. The lowest BCUT2D eigenvalue weighted by Gasteiger charge is -2.34. The molecule has 18 heavy (non-hydrogen) atoms. The third kappa shape index (κ3) is 2.29. The lowest BCUT2D eigenvalue weighted by Crippen LogP contribution is -2.47. The van der Waals surface area contributed by atoms with Crippen molar-refractivity contribution in [1.29, 1.82) is 0 Å². The molecule has 1 atom stereocenters. The fourth-order valence-electron chi connectivity index (χ4n) is 2.84. The normalized spacial score (nSPS) is 22.5. The molecule has 0 saturated carbocycles. The maximum atomic E-state index is 6.57. The van der Waals surface area contributed by atoms with Gasteiger partial charge in [0.05, 0.1) is 0 Å². The van der Waals surface area contributed by atoms with Crippen molar-refractivity contribution >= 4 is 0 Å². The van der Waals surface area contributed by atoms with Gasteiger partial charge in [-0.05, 0) is 42.5 Å². The average Bonchev–Trinajstić information content (AvgIpc) is 2.39. The van der Waals surface area contributed by atoms with E-state index in [9.17, 15) is 0 Å². The topological polar surface area (TPSA) is 38.9 Å². The van der Waals surface area contributed by atoms with Gasteiger partial charge in [-0.15, -0.1) is 0 Å². The van der Waals surface area contributed by atoms with Crippen LogP contribution in [0, 0.1) is 0 Å². The Labute approximate surface area is 108 Å². The second-order valence-electron chi connectivity index (χ2n) is 5.31. The first-order valence-corrected chi connectivity index (χ1v) is 6.51. The molecule has 1 aliphatic carbocycles. The summed E-state index contributed by atoms with van der Waals surface area (Å²) in [5.74, 6) is 0. The third-order valence-electron chi connectivity index (χ3n) is 3.81. The van der Waals surface area contributed by atoms with E-state index in [1.54, 1.807) is 0 Å². The maximum absolute atomic E-state index is 6.57. The number of aromatic nitrogens is 1. The fraction of sp³-hybridized carbons (Fsp3) is 0.312. The van der Waals surface area contributed by atoms with Gasteiger partial charge in [0.2, 0.25) is 0 Å². The van der Waals surface area contributed by atoms with E-state index in [1.165, 1.54) is 11.1 Å². The van der Waals surface area contributed by atoms with Crippen LogP contribution in [0.1, 0.15) is 23.2 Å². The molecular formula is C16H18N2. The Balaban J connectivity index is 1.82. The van der Waals surface area contributed by atoms with Gasteiger partial charge in [-0.25, -0.2) is 0 Å². The summed E-state index contributed by atoms with van der Waals surface area (Å²) in [6, 6.07) is 14.7. The molecule has 0 amide bonds. The lowest BCUT2D eigenvalue weighted by atomic mass is 9.76. The lowest BCUT2D eigenvalue weighted by molar-refractivity contribution is 0.366. The molecule has 1 unspecified atom stereocenters. The molecule has 0 fully saturated rings. The van der Waals surface area contributed by atoms with Crippen LogP contribution in [0.3, 0.4) is 0 Å². The van der Waals surface area contributed by atoms with Crippen LogP contribution in [0.5, 0.6) is 0 Å². The predicted molar refractivity (Wildman–Crippen MR) is 73.3 cm³/mol. The minimum atomic E-state index is -0.136. The van der Waals surface area contributed by atoms with E-state index in [-0.39, 0.29) is 5.54 Å². The molecule has 1 heterocycles. The van der Waals surface area contributed by atoms with Crippen LogP contribution >= 0.6 is 0 Å². The van der Waals surface area contributed by atoms with E-state index >= 15 is 0 Å². The number of hydrogen-bond donors (Lipinski definition) is 1. The monoisotopic (exact) mass is 238 g/mol. The largest absolute Gasteiger partial charge is 0.324 e. The van der Waals surface area contributed by atoms with Gasteiger partial charge in [0, 0.05) is 23.9 Å². The van der Waals surface area contributed by atoms with Crippen molar-refractivity contribution in [1.82, 2.24) is 4.98 Å². The molecule has 0 spiro atoms. The summed E-state index contributed by atoms with van der Waals surface area (Å²) in [6.45, 7) is 0. The molecule has 2 nitrogen and oxygen atoms in total. The summed E-state index contributed by atoms with van der Waals surface area (Å²) >= 11 is 0. The highest BCUT2D eigenvalue weighted by Gasteiger charge is 2.30. The Morgan fingerprint density at radius 3 is 2.61 bits per heavy atom. The number of rotatable bonds is 2. The average molecular weight is 238 g/mol. The number of hydrogen-bond acceptors (Lipinski definition) is 2. The number of nitrogens with zero attached hydrogens (tertiary/aromatic N) is 1. The molecule has 2 N–H and O–H groups in total. The molecule has 2 aromatic rings. The van der Waals surface area contributed by atoms with Gasteiger partial charge < -0.3 is 5.73 Å². The Kier molecular flexibility index (Phi) is 2.88. The van der Waals surface area contributed by atoms with E-state index in [0.717, 1.165) is 31.4 Å². The Morgan fingerprint density at radius 2 is 1.83 bits per heavy atom. The minimum Gasteiger partial charge on any atom is -0.324 e. The molecule has 1 aromatic heterocycles. The molecule has 0 bridgehead atoms. The molecule has 92 valence electrons. The summed E-state index contributed by atoms with van der Waals surface area (Å²) in [5, 5.41) is 0. The smallest absolute Gasteiger partial charge is 0.0422 e. The minimum absolute atomic E-state index is 0.136. The molecule has 0 aliphatic heterocycles. The van der Waals surface area contributed by atoms with Crippen LogP contribution in [0.15, 0.2) is 48.7 Å². The first kappa shape index (κ1) is 11.4. The van der Waals surface area contributed by atoms with Gasteiger partial charge in [-0.1, -0.05) is 30.3 Å². The molecule has 0 saturated heterocycles. The van der Waals surface area contributed by atoms with Crippen molar-refractivity contribution in [3.8, 4) is 0 Å². The standard InChI is InChI=1S/C16H18N2/c17-16(12-15-7-3-4-10-18-15)9-8-13-5-1-2-6-14(13)11-16/h1-7,10H,8-9,11-12,17H2. The highest BCUT2D eigenvalue weighted by molar-refractivity contribution is 5.32. The first-order valence-electron chi connectivity index (χ1n) is 6.51. The van der Waals surface area contributed by atoms with Crippen LogP contribution in [0.2, 0.25) is 0 Å². The zero-order chi connectivity index (χ0) is 12.4. The van der Waals surface area contributed by atoms with E-state index in [1.807, 2.05) is 18.3 Å². The first-order chi connectivity index (χ1) is 8.75. The Morgan fingerprint density at radius 1 is 1.06 bits per heavy atom. The summed E-state index contributed by atoms with van der Waals surface area (Å²) in [5.41, 5.74) is 10.4. The van der Waals surface area contributed by atoms with E-state index in [4.69, 9.17) is 5.73 Å². The SMILES string of the molecule is NC1(Cc2ccccn2)CCc2ccccc2C1. The van der Waals surface area contributed by atoms with Gasteiger partial charge in [-0.2, -0.15) is 0 Å². The van der Waals surface area contributed by atoms with Gasteiger partial charge in [0.1, 0.15) is 0 Å². The fourth-order valence-corrected chi connectivity index (χ4v) is 2.84. The molecule has 1 aromatic carbocycles. The zero-order valence-corrected chi connectivity index (χ0v) is 10.5.